The number of amides is 1. The van der Waals surface area contributed by atoms with Crippen LogP contribution in [0.5, 0.6) is 0 Å². The number of carbonyl (C=O) groups excluding carboxylic acids is 2. The first-order valence-electron chi connectivity index (χ1n) is 8.76. The van der Waals surface area contributed by atoms with E-state index in [1.165, 1.54) is 0 Å². The molecule has 0 unspecified atom stereocenters. The number of H-pyrrole nitrogens is 1. The number of imidazole rings is 1. The second-order valence-corrected chi connectivity index (χ2v) is 6.81. The Hall–Kier alpha value is -2.65. The molecule has 3 N–H and O–H groups in total. The maximum atomic E-state index is 12.8. The third-order valence-electron chi connectivity index (χ3n) is 4.61. The van der Waals surface area contributed by atoms with Crippen LogP contribution in [-0.4, -0.2) is 40.0 Å². The largest absolute Gasteiger partial charge is 0.492 e. The van der Waals surface area contributed by atoms with Crippen molar-refractivity contribution in [2.75, 3.05) is 0 Å². The van der Waals surface area contributed by atoms with Gasteiger partial charge in [0.2, 0.25) is 0 Å². The highest BCUT2D eigenvalue weighted by Crippen LogP contribution is 2.17. The number of nitrogens with zero attached hydrogens (tertiary/aromatic N) is 1. The van der Waals surface area contributed by atoms with E-state index in [-0.39, 0.29) is 12.5 Å². The molecular weight excluding hydrogens is 349 g/mol. The molecule has 1 aromatic heterocycles. The molecule has 0 saturated heterocycles. The van der Waals surface area contributed by atoms with Gasteiger partial charge in [0.25, 0.3) is 5.91 Å². The van der Waals surface area contributed by atoms with Gasteiger partial charge in [-0.25, -0.2) is 9.78 Å². The monoisotopic (exact) mass is 371 g/mol. The summed E-state index contributed by atoms with van der Waals surface area (Å²) in [5.41, 5.74) is 2.50. The average molecular weight is 371 g/mol. The molecule has 0 aliphatic carbocycles. The van der Waals surface area contributed by atoms with Gasteiger partial charge in [0.1, 0.15) is 18.5 Å². The Morgan fingerprint density at radius 2 is 2.22 bits per heavy atom. The maximum absolute atomic E-state index is 12.8. The summed E-state index contributed by atoms with van der Waals surface area (Å²) >= 11 is 0. The van der Waals surface area contributed by atoms with Gasteiger partial charge >= 0.3 is 13.1 Å². The van der Waals surface area contributed by atoms with Gasteiger partial charge < -0.3 is 24.7 Å². The van der Waals surface area contributed by atoms with Gasteiger partial charge in [0.15, 0.2) is 0 Å². The molecule has 0 saturated carbocycles. The molecule has 27 heavy (non-hydrogen) atoms. The normalized spacial score (nSPS) is 14.2. The SMILES string of the molecule is Cc1c(C(=O)N[C@H](C(=O)OCc2ncc[nH]2)C(C)C)ccc2c1B(O)OC2. The Labute approximate surface area is 157 Å². The van der Waals surface area contributed by atoms with Crippen molar-refractivity contribution in [3.8, 4) is 0 Å². The number of rotatable bonds is 6. The molecule has 1 aliphatic heterocycles. The van der Waals surface area contributed by atoms with E-state index in [0.717, 1.165) is 5.56 Å². The lowest BCUT2D eigenvalue weighted by Gasteiger charge is -2.21. The van der Waals surface area contributed by atoms with Gasteiger partial charge in [-0.05, 0) is 35.5 Å². The van der Waals surface area contributed by atoms with Crippen molar-refractivity contribution in [1.82, 2.24) is 15.3 Å². The molecule has 0 spiro atoms. The minimum absolute atomic E-state index is 0.00628. The number of nitrogens with one attached hydrogen (secondary N) is 2. The summed E-state index contributed by atoms with van der Waals surface area (Å²) in [6, 6.07) is 2.63. The predicted octanol–water partition coefficient (Wildman–Crippen LogP) is 0.434. The van der Waals surface area contributed by atoms with Crippen LogP contribution in [0.25, 0.3) is 0 Å². The number of fused-ring (bicyclic) bond motifs is 1. The Morgan fingerprint density at radius 3 is 2.89 bits per heavy atom. The summed E-state index contributed by atoms with van der Waals surface area (Å²) in [7, 11) is -1.04. The van der Waals surface area contributed by atoms with E-state index < -0.39 is 25.0 Å². The van der Waals surface area contributed by atoms with E-state index in [9.17, 15) is 14.6 Å². The van der Waals surface area contributed by atoms with Gasteiger partial charge in [0, 0.05) is 18.0 Å². The molecule has 142 valence electrons. The number of esters is 1. The zero-order chi connectivity index (χ0) is 19.6. The van der Waals surface area contributed by atoms with Crippen LogP contribution in [0, 0.1) is 12.8 Å². The van der Waals surface area contributed by atoms with Gasteiger partial charge in [-0.15, -0.1) is 0 Å². The van der Waals surface area contributed by atoms with Gasteiger partial charge in [-0.1, -0.05) is 19.9 Å². The molecule has 0 bridgehead atoms. The Morgan fingerprint density at radius 1 is 1.44 bits per heavy atom. The standard InChI is InChI=1S/C18H22BN3O5/c1-10(2)16(18(24)26-9-14-20-6-7-21-14)22-17(23)13-5-4-12-8-27-19(25)15(12)11(13)3/h4-7,10,16,25H,8-9H2,1-3H3,(H,20,21)(H,22,23)/t16-/m0/s1. The molecule has 2 heterocycles. The van der Waals surface area contributed by atoms with Crippen molar-refractivity contribution in [3.05, 3.63) is 47.0 Å². The van der Waals surface area contributed by atoms with Crippen molar-refractivity contribution < 1.29 is 24.0 Å². The van der Waals surface area contributed by atoms with Crippen molar-refractivity contribution in [3.63, 3.8) is 0 Å². The fraction of sp³-hybridized carbons (Fsp3) is 0.389. The molecule has 1 amide bonds. The first-order chi connectivity index (χ1) is 12.9. The molecule has 0 radical (unpaired) electrons. The summed E-state index contributed by atoms with van der Waals surface area (Å²) in [5, 5.41) is 12.7. The van der Waals surface area contributed by atoms with Crippen LogP contribution in [0.1, 0.15) is 41.2 Å². The van der Waals surface area contributed by atoms with Crippen molar-refractivity contribution >= 4 is 24.5 Å². The number of hydrogen-bond donors (Lipinski definition) is 3. The van der Waals surface area contributed by atoms with E-state index >= 15 is 0 Å². The number of ether oxygens (including phenoxy) is 1. The van der Waals surface area contributed by atoms with Crippen LogP contribution in [-0.2, 0) is 27.4 Å². The first kappa shape index (κ1) is 19.1. The third-order valence-corrected chi connectivity index (χ3v) is 4.61. The minimum atomic E-state index is -1.04. The third kappa shape index (κ3) is 4.04. The summed E-state index contributed by atoms with van der Waals surface area (Å²) in [4.78, 5) is 32.0. The fourth-order valence-electron chi connectivity index (χ4n) is 3.08. The zero-order valence-corrected chi connectivity index (χ0v) is 15.5. The van der Waals surface area contributed by atoms with Gasteiger partial charge in [-0.2, -0.15) is 0 Å². The summed E-state index contributed by atoms with van der Waals surface area (Å²) < 4.78 is 10.5. The predicted molar refractivity (Wildman–Crippen MR) is 98.1 cm³/mol. The second kappa shape index (κ2) is 7.93. The Kier molecular flexibility index (Phi) is 5.62. The van der Waals surface area contributed by atoms with E-state index in [4.69, 9.17) is 9.39 Å². The fourth-order valence-corrected chi connectivity index (χ4v) is 3.08. The number of benzene rings is 1. The van der Waals surface area contributed by atoms with Crippen molar-refractivity contribution in [1.29, 1.82) is 0 Å². The molecule has 0 fully saturated rings. The molecule has 3 rings (SSSR count). The number of carbonyl (C=O) groups is 2. The lowest BCUT2D eigenvalue weighted by atomic mass is 9.75. The maximum Gasteiger partial charge on any atom is 0.492 e. The second-order valence-electron chi connectivity index (χ2n) is 6.81. The van der Waals surface area contributed by atoms with E-state index in [1.54, 1.807) is 31.5 Å². The topological polar surface area (TPSA) is 114 Å². The van der Waals surface area contributed by atoms with Crippen LogP contribution >= 0.6 is 0 Å². The quantitative estimate of drug-likeness (QED) is 0.502. The molecule has 9 heteroatoms. The summed E-state index contributed by atoms with van der Waals surface area (Å²) in [6.45, 7) is 5.73. The lowest BCUT2D eigenvalue weighted by Crippen LogP contribution is -2.46. The number of hydrogen-bond acceptors (Lipinski definition) is 6. The molecule has 1 atom stereocenters. The molecule has 1 aromatic carbocycles. The van der Waals surface area contributed by atoms with Crippen LogP contribution in [0.3, 0.4) is 0 Å². The smallest absolute Gasteiger partial charge is 0.456 e. The van der Waals surface area contributed by atoms with Gasteiger partial charge in [-0.3, -0.25) is 4.79 Å². The van der Waals surface area contributed by atoms with Gasteiger partial charge in [0.05, 0.1) is 6.61 Å². The molecule has 2 aromatic rings. The number of aromatic amines is 1. The Bertz CT molecular complexity index is 838. The molecule has 1 aliphatic rings. The molecule has 8 nitrogen and oxygen atoms in total. The van der Waals surface area contributed by atoms with E-state index in [1.807, 2.05) is 13.8 Å². The van der Waals surface area contributed by atoms with E-state index in [2.05, 4.69) is 15.3 Å². The summed E-state index contributed by atoms with van der Waals surface area (Å²) in [6.07, 6.45) is 3.21. The molecular formula is C18H22BN3O5. The van der Waals surface area contributed by atoms with Crippen molar-refractivity contribution in [2.45, 2.75) is 40.0 Å². The van der Waals surface area contributed by atoms with Crippen molar-refractivity contribution in [2.24, 2.45) is 5.92 Å². The highest BCUT2D eigenvalue weighted by molar-refractivity contribution is 6.62. The highest BCUT2D eigenvalue weighted by atomic mass is 16.5. The highest BCUT2D eigenvalue weighted by Gasteiger charge is 2.32. The van der Waals surface area contributed by atoms with Crippen LogP contribution in [0.2, 0.25) is 0 Å². The first-order valence-corrected chi connectivity index (χ1v) is 8.76. The van der Waals surface area contributed by atoms with Crippen LogP contribution < -0.4 is 10.8 Å². The van der Waals surface area contributed by atoms with E-state index in [0.29, 0.717) is 29.0 Å². The Balaban J connectivity index is 1.72. The van der Waals surface area contributed by atoms with Crippen LogP contribution in [0.15, 0.2) is 24.5 Å². The number of aromatic nitrogens is 2. The lowest BCUT2D eigenvalue weighted by molar-refractivity contribution is -0.148. The zero-order valence-electron chi connectivity index (χ0n) is 15.5. The van der Waals surface area contributed by atoms with Crippen LogP contribution in [0.4, 0.5) is 0 Å². The summed E-state index contributed by atoms with van der Waals surface area (Å²) in [5.74, 6) is -0.567. The minimum Gasteiger partial charge on any atom is -0.456 e. The average Bonchev–Trinajstić information content (AvgIpc) is 3.27.